The second kappa shape index (κ2) is 8.48. The van der Waals surface area contributed by atoms with Crippen LogP contribution in [0, 0.1) is 11.3 Å². The Hall–Kier alpha value is -3.14. The van der Waals surface area contributed by atoms with Crippen molar-refractivity contribution >= 4 is 34.8 Å². The molecular formula is C21H17Cl2N3O3. The van der Waals surface area contributed by atoms with Crippen molar-refractivity contribution in [1.82, 2.24) is 0 Å². The van der Waals surface area contributed by atoms with Crippen molar-refractivity contribution in [1.29, 1.82) is 5.26 Å². The molecule has 1 atom stereocenters. The molecular weight excluding hydrogens is 413 g/mol. The molecule has 0 spiro atoms. The number of carbonyl (C=O) groups is 1. The zero-order valence-electron chi connectivity index (χ0n) is 15.6. The Labute approximate surface area is 178 Å². The molecule has 2 aromatic rings. The number of halogens is 2. The lowest BCUT2D eigenvalue weighted by Gasteiger charge is -2.28. The van der Waals surface area contributed by atoms with Crippen LogP contribution in [-0.4, -0.2) is 13.0 Å². The Morgan fingerprint density at radius 1 is 1.21 bits per heavy atom. The zero-order chi connectivity index (χ0) is 21.1. The molecule has 0 aliphatic carbocycles. The number of amides is 1. The van der Waals surface area contributed by atoms with Gasteiger partial charge in [-0.15, -0.1) is 0 Å². The maximum atomic E-state index is 13.3. The number of nitrogens with zero attached hydrogens (tertiary/aromatic N) is 1. The van der Waals surface area contributed by atoms with Crippen LogP contribution in [0.1, 0.15) is 18.4 Å². The Balaban J connectivity index is 2.13. The van der Waals surface area contributed by atoms with Gasteiger partial charge in [-0.25, -0.2) is 0 Å². The molecule has 148 valence electrons. The van der Waals surface area contributed by atoms with Gasteiger partial charge in [0.05, 0.1) is 24.3 Å². The smallest absolute Gasteiger partial charge is 0.256 e. The fraction of sp³-hybridized carbons (Fsp3) is 0.143. The summed E-state index contributed by atoms with van der Waals surface area (Å²) in [6.45, 7) is 1.59. The second-order valence-electron chi connectivity index (χ2n) is 6.18. The van der Waals surface area contributed by atoms with Crippen molar-refractivity contribution < 1.29 is 14.3 Å². The summed E-state index contributed by atoms with van der Waals surface area (Å²) in [6, 6.07) is 13.9. The minimum absolute atomic E-state index is 0.0516. The summed E-state index contributed by atoms with van der Waals surface area (Å²) in [5.74, 6) is -0.744. The molecule has 0 unspecified atom stereocenters. The van der Waals surface area contributed by atoms with Crippen LogP contribution in [0.5, 0.6) is 5.75 Å². The lowest BCUT2D eigenvalue weighted by atomic mass is 9.82. The number of methoxy groups -OCH3 is 1. The maximum Gasteiger partial charge on any atom is 0.256 e. The normalized spacial score (nSPS) is 16.2. The number of carbonyl (C=O) groups excluding carboxylic acids is 1. The maximum absolute atomic E-state index is 13.3. The highest BCUT2D eigenvalue weighted by molar-refractivity contribution is 6.36. The van der Waals surface area contributed by atoms with Crippen LogP contribution in [0.4, 0.5) is 5.69 Å². The molecule has 0 aromatic heterocycles. The number of nitriles is 1. The van der Waals surface area contributed by atoms with Crippen LogP contribution in [0.15, 0.2) is 65.3 Å². The average Bonchev–Trinajstić information content (AvgIpc) is 2.68. The Bertz CT molecular complexity index is 1070. The summed E-state index contributed by atoms with van der Waals surface area (Å²) < 4.78 is 10.8. The van der Waals surface area contributed by atoms with Crippen LogP contribution in [0.2, 0.25) is 10.0 Å². The summed E-state index contributed by atoms with van der Waals surface area (Å²) in [4.78, 5) is 13.3. The molecule has 0 saturated heterocycles. The fourth-order valence-corrected chi connectivity index (χ4v) is 3.80. The number of nitrogens with one attached hydrogen (secondary N) is 1. The monoisotopic (exact) mass is 429 g/mol. The SMILES string of the molecule is COc1ccccc1NC(=O)C1=C(C)OC(N)=C(C#N)[C@H]1c1c(Cl)cccc1Cl. The summed E-state index contributed by atoms with van der Waals surface area (Å²) >= 11 is 12.8. The summed E-state index contributed by atoms with van der Waals surface area (Å²) in [6.07, 6.45) is 0. The Morgan fingerprint density at radius 3 is 2.48 bits per heavy atom. The lowest BCUT2D eigenvalue weighted by Crippen LogP contribution is -2.28. The van der Waals surface area contributed by atoms with Gasteiger partial charge in [-0.3, -0.25) is 4.79 Å². The van der Waals surface area contributed by atoms with Gasteiger partial charge < -0.3 is 20.5 Å². The first-order valence-electron chi connectivity index (χ1n) is 8.55. The standard InChI is InChI=1S/C21H17Cl2N3O3/c1-11-17(21(27)26-15-8-3-4-9-16(15)28-2)18(12(10-24)20(25)29-11)19-13(22)6-5-7-14(19)23/h3-9,18H,25H2,1-2H3,(H,26,27)/t18-/m1/s1. The van der Waals surface area contributed by atoms with E-state index < -0.39 is 11.8 Å². The van der Waals surface area contributed by atoms with E-state index in [0.29, 0.717) is 27.0 Å². The predicted octanol–water partition coefficient (Wildman–Crippen LogP) is 4.72. The third kappa shape index (κ3) is 3.88. The Kier molecular flexibility index (Phi) is 6.02. The molecule has 1 aliphatic heterocycles. The van der Waals surface area contributed by atoms with Crippen molar-refractivity contribution in [3.8, 4) is 11.8 Å². The largest absolute Gasteiger partial charge is 0.495 e. The van der Waals surface area contributed by atoms with E-state index in [9.17, 15) is 10.1 Å². The molecule has 3 N–H and O–H groups in total. The van der Waals surface area contributed by atoms with E-state index in [1.807, 2.05) is 6.07 Å². The highest BCUT2D eigenvalue weighted by atomic mass is 35.5. The summed E-state index contributed by atoms with van der Waals surface area (Å²) in [5, 5.41) is 13.1. The molecule has 1 aliphatic rings. The summed E-state index contributed by atoms with van der Waals surface area (Å²) in [5.41, 5.74) is 7.03. The molecule has 0 radical (unpaired) electrons. The molecule has 0 fully saturated rings. The van der Waals surface area contributed by atoms with E-state index >= 15 is 0 Å². The molecule has 1 heterocycles. The van der Waals surface area contributed by atoms with Crippen molar-refractivity contribution in [2.75, 3.05) is 12.4 Å². The summed E-state index contributed by atoms with van der Waals surface area (Å²) in [7, 11) is 1.50. The van der Waals surface area contributed by atoms with Gasteiger partial charge in [0.1, 0.15) is 23.2 Å². The van der Waals surface area contributed by atoms with E-state index in [2.05, 4.69) is 5.32 Å². The molecule has 0 bridgehead atoms. The molecule has 1 amide bonds. The molecule has 8 heteroatoms. The van der Waals surface area contributed by atoms with Gasteiger partial charge >= 0.3 is 0 Å². The number of rotatable bonds is 4. The van der Waals surface area contributed by atoms with Crippen molar-refractivity contribution in [2.24, 2.45) is 5.73 Å². The van der Waals surface area contributed by atoms with E-state index in [1.54, 1.807) is 49.4 Å². The number of anilines is 1. The molecule has 0 saturated carbocycles. The van der Waals surface area contributed by atoms with Gasteiger partial charge in [0.25, 0.3) is 5.91 Å². The number of para-hydroxylation sites is 2. The van der Waals surface area contributed by atoms with Gasteiger partial charge in [-0.2, -0.15) is 5.26 Å². The Morgan fingerprint density at radius 2 is 1.86 bits per heavy atom. The van der Waals surface area contributed by atoms with Gasteiger partial charge in [-0.1, -0.05) is 41.4 Å². The third-order valence-corrected chi connectivity index (χ3v) is 5.15. The van der Waals surface area contributed by atoms with Crippen LogP contribution >= 0.6 is 23.2 Å². The first-order chi connectivity index (χ1) is 13.9. The van der Waals surface area contributed by atoms with Crippen LogP contribution in [0.3, 0.4) is 0 Å². The van der Waals surface area contributed by atoms with E-state index in [1.165, 1.54) is 7.11 Å². The lowest BCUT2D eigenvalue weighted by molar-refractivity contribution is -0.113. The van der Waals surface area contributed by atoms with E-state index in [4.69, 9.17) is 38.4 Å². The second-order valence-corrected chi connectivity index (χ2v) is 7.00. The van der Waals surface area contributed by atoms with Crippen LogP contribution < -0.4 is 15.8 Å². The first kappa shape index (κ1) is 20.6. The molecule has 6 nitrogen and oxygen atoms in total. The number of nitrogens with two attached hydrogens (primary N) is 1. The average molecular weight is 430 g/mol. The topological polar surface area (TPSA) is 97.4 Å². The minimum Gasteiger partial charge on any atom is -0.495 e. The highest BCUT2D eigenvalue weighted by Gasteiger charge is 2.37. The molecule has 2 aromatic carbocycles. The molecule has 3 rings (SSSR count). The molecule has 29 heavy (non-hydrogen) atoms. The van der Waals surface area contributed by atoms with Crippen molar-refractivity contribution in [3.05, 3.63) is 80.9 Å². The van der Waals surface area contributed by atoms with Gasteiger partial charge in [0.15, 0.2) is 0 Å². The predicted molar refractivity (Wildman–Crippen MR) is 111 cm³/mol. The van der Waals surface area contributed by atoms with Crippen molar-refractivity contribution in [2.45, 2.75) is 12.8 Å². The number of benzene rings is 2. The van der Waals surface area contributed by atoms with Crippen LogP contribution in [0.25, 0.3) is 0 Å². The van der Waals surface area contributed by atoms with Gasteiger partial charge in [0.2, 0.25) is 5.88 Å². The van der Waals surface area contributed by atoms with Gasteiger partial charge in [0, 0.05) is 15.6 Å². The van der Waals surface area contributed by atoms with Crippen molar-refractivity contribution in [3.63, 3.8) is 0 Å². The quantitative estimate of drug-likeness (QED) is 0.732. The van der Waals surface area contributed by atoms with Gasteiger partial charge in [-0.05, 0) is 31.2 Å². The number of ether oxygens (including phenoxy) is 2. The number of hydrogen-bond donors (Lipinski definition) is 2. The number of allylic oxidation sites excluding steroid dienone is 2. The number of hydrogen-bond acceptors (Lipinski definition) is 5. The minimum atomic E-state index is -0.885. The highest BCUT2D eigenvalue weighted by Crippen LogP contribution is 2.44. The third-order valence-electron chi connectivity index (χ3n) is 4.49. The van der Waals surface area contributed by atoms with Crippen LogP contribution in [-0.2, 0) is 9.53 Å². The van der Waals surface area contributed by atoms with E-state index in [-0.39, 0.29) is 22.8 Å². The van der Waals surface area contributed by atoms with E-state index in [0.717, 1.165) is 0 Å². The zero-order valence-corrected chi connectivity index (χ0v) is 17.1. The first-order valence-corrected chi connectivity index (χ1v) is 9.31. The fourth-order valence-electron chi connectivity index (χ4n) is 3.19.